The van der Waals surface area contributed by atoms with Gasteiger partial charge in [0.1, 0.15) is 5.82 Å². The Morgan fingerprint density at radius 2 is 2.04 bits per heavy atom. The van der Waals surface area contributed by atoms with Gasteiger partial charge in [-0.05, 0) is 25.0 Å². The van der Waals surface area contributed by atoms with Crippen LogP contribution in [0.15, 0.2) is 24.4 Å². The number of hydrogen-bond donors (Lipinski definition) is 0. The van der Waals surface area contributed by atoms with Gasteiger partial charge in [-0.3, -0.25) is 9.69 Å². The molecule has 2 fully saturated rings. The number of likely N-dealkylation sites (tertiary alicyclic amines) is 1. The van der Waals surface area contributed by atoms with E-state index in [0.717, 1.165) is 50.7 Å². The van der Waals surface area contributed by atoms with E-state index >= 15 is 0 Å². The number of fused-ring (bicyclic) bond motifs is 1. The molecule has 0 radical (unpaired) electrons. The minimum Gasteiger partial charge on any atom is -0.379 e. The van der Waals surface area contributed by atoms with Gasteiger partial charge in [0.15, 0.2) is 5.69 Å². The second-order valence-corrected chi connectivity index (χ2v) is 6.87. The molecular weight excluding hydrogens is 304 g/mol. The molecule has 24 heavy (non-hydrogen) atoms. The normalized spacial score (nSPS) is 25.5. The van der Waals surface area contributed by atoms with E-state index < -0.39 is 0 Å². The number of carbonyl (C=O) groups excluding carboxylic acids is 1. The Balaban J connectivity index is 1.56. The summed E-state index contributed by atoms with van der Waals surface area (Å²) in [7, 11) is 0. The van der Waals surface area contributed by atoms with Crippen molar-refractivity contribution in [1.82, 2.24) is 19.2 Å². The summed E-state index contributed by atoms with van der Waals surface area (Å²) in [5, 5.41) is 0. The lowest BCUT2D eigenvalue weighted by molar-refractivity contribution is 0.0119. The summed E-state index contributed by atoms with van der Waals surface area (Å²) in [6, 6.07) is 6.30. The molecule has 2 aromatic rings. The van der Waals surface area contributed by atoms with Crippen molar-refractivity contribution in [2.75, 3.05) is 39.4 Å². The Kier molecular flexibility index (Phi) is 4.02. The molecule has 4 rings (SSSR count). The van der Waals surface area contributed by atoms with Crippen LogP contribution in [0.4, 0.5) is 0 Å². The molecule has 1 amide bonds. The van der Waals surface area contributed by atoms with Crippen molar-refractivity contribution in [1.29, 1.82) is 0 Å². The summed E-state index contributed by atoms with van der Waals surface area (Å²) in [6.45, 7) is 9.27. The number of carbonyl (C=O) groups is 1. The second-order valence-electron chi connectivity index (χ2n) is 6.87. The lowest BCUT2D eigenvalue weighted by Gasteiger charge is -2.33. The molecule has 6 heteroatoms. The first kappa shape index (κ1) is 15.6. The van der Waals surface area contributed by atoms with Gasteiger partial charge in [-0.1, -0.05) is 13.0 Å². The number of aromatic nitrogens is 2. The van der Waals surface area contributed by atoms with E-state index in [2.05, 4.69) is 16.8 Å². The molecule has 0 aliphatic carbocycles. The largest absolute Gasteiger partial charge is 0.379 e. The number of imidazole rings is 1. The molecule has 0 saturated carbocycles. The highest BCUT2D eigenvalue weighted by molar-refractivity contribution is 5.99. The standard InChI is InChI=1S/C18H24N4O2/c1-13-11-21(12-16(13)20-7-9-24-10-8-20)18(23)17-15-5-3-4-6-22(15)14(2)19-17/h3-6,13,16H,7-12H2,1-2H3/t13-,16-/m0/s1. The lowest BCUT2D eigenvalue weighted by Crippen LogP contribution is -2.47. The molecule has 2 aromatic heterocycles. The topological polar surface area (TPSA) is 50.1 Å². The van der Waals surface area contributed by atoms with Crippen LogP contribution in [0.1, 0.15) is 23.2 Å². The molecule has 0 bridgehead atoms. The number of hydrogen-bond acceptors (Lipinski definition) is 4. The summed E-state index contributed by atoms with van der Waals surface area (Å²) in [5.41, 5.74) is 1.46. The highest BCUT2D eigenvalue weighted by Crippen LogP contribution is 2.25. The van der Waals surface area contributed by atoms with Gasteiger partial charge >= 0.3 is 0 Å². The van der Waals surface area contributed by atoms with E-state index in [4.69, 9.17) is 4.74 Å². The van der Waals surface area contributed by atoms with E-state index in [1.807, 2.05) is 40.6 Å². The molecular formula is C18H24N4O2. The summed E-state index contributed by atoms with van der Waals surface area (Å²) in [6.07, 6.45) is 1.96. The number of rotatable bonds is 2. The number of ether oxygens (including phenoxy) is 1. The van der Waals surface area contributed by atoms with E-state index in [9.17, 15) is 4.79 Å². The molecule has 2 atom stereocenters. The third-order valence-corrected chi connectivity index (χ3v) is 5.30. The number of aryl methyl sites for hydroxylation is 1. The van der Waals surface area contributed by atoms with Crippen molar-refractivity contribution >= 4 is 11.4 Å². The van der Waals surface area contributed by atoms with Gasteiger partial charge in [0.25, 0.3) is 5.91 Å². The van der Waals surface area contributed by atoms with E-state index in [1.165, 1.54) is 0 Å². The first-order chi connectivity index (χ1) is 11.6. The first-order valence-corrected chi connectivity index (χ1v) is 8.70. The van der Waals surface area contributed by atoms with Gasteiger partial charge < -0.3 is 14.0 Å². The van der Waals surface area contributed by atoms with E-state index in [-0.39, 0.29) is 5.91 Å². The molecule has 0 unspecified atom stereocenters. The summed E-state index contributed by atoms with van der Waals surface area (Å²) in [4.78, 5) is 22.0. The van der Waals surface area contributed by atoms with Crippen LogP contribution in [-0.4, -0.2) is 70.5 Å². The van der Waals surface area contributed by atoms with Gasteiger partial charge in [-0.25, -0.2) is 4.98 Å². The van der Waals surface area contributed by atoms with Crippen molar-refractivity contribution in [3.05, 3.63) is 35.9 Å². The van der Waals surface area contributed by atoms with Crippen LogP contribution in [-0.2, 0) is 4.74 Å². The van der Waals surface area contributed by atoms with Crippen LogP contribution < -0.4 is 0 Å². The molecule has 2 saturated heterocycles. The fourth-order valence-electron chi connectivity index (χ4n) is 4.00. The van der Waals surface area contributed by atoms with Crippen LogP contribution in [0.3, 0.4) is 0 Å². The SMILES string of the molecule is Cc1nc(C(=O)N2C[C@H](C)[C@@H](N3CCOCC3)C2)c2ccccn12. The van der Waals surface area contributed by atoms with Crippen molar-refractivity contribution in [2.24, 2.45) is 5.92 Å². The number of pyridine rings is 1. The lowest BCUT2D eigenvalue weighted by atomic mass is 10.0. The number of morpholine rings is 1. The van der Waals surface area contributed by atoms with Crippen LogP contribution in [0.2, 0.25) is 0 Å². The van der Waals surface area contributed by atoms with Crippen LogP contribution >= 0.6 is 0 Å². The van der Waals surface area contributed by atoms with E-state index in [0.29, 0.717) is 17.7 Å². The second kappa shape index (κ2) is 6.18. The highest BCUT2D eigenvalue weighted by atomic mass is 16.5. The molecule has 4 heterocycles. The zero-order valence-corrected chi connectivity index (χ0v) is 14.3. The maximum Gasteiger partial charge on any atom is 0.274 e. The van der Waals surface area contributed by atoms with Gasteiger partial charge in [-0.2, -0.15) is 0 Å². The first-order valence-electron chi connectivity index (χ1n) is 8.70. The minimum absolute atomic E-state index is 0.0504. The molecule has 0 spiro atoms. The van der Waals surface area contributed by atoms with Crippen LogP contribution in [0.25, 0.3) is 5.52 Å². The van der Waals surface area contributed by atoms with E-state index in [1.54, 1.807) is 0 Å². The smallest absolute Gasteiger partial charge is 0.274 e. The van der Waals surface area contributed by atoms with Gasteiger partial charge in [0, 0.05) is 38.4 Å². The Bertz CT molecular complexity index is 751. The fourth-order valence-corrected chi connectivity index (χ4v) is 4.00. The van der Waals surface area contributed by atoms with Crippen molar-refractivity contribution in [2.45, 2.75) is 19.9 Å². The highest BCUT2D eigenvalue weighted by Gasteiger charge is 2.37. The average molecular weight is 328 g/mol. The minimum atomic E-state index is 0.0504. The van der Waals surface area contributed by atoms with Crippen molar-refractivity contribution < 1.29 is 9.53 Å². The Hall–Kier alpha value is -1.92. The molecule has 0 aromatic carbocycles. The van der Waals surface area contributed by atoms with Gasteiger partial charge in [0.2, 0.25) is 0 Å². The molecule has 0 N–H and O–H groups in total. The van der Waals surface area contributed by atoms with Crippen molar-refractivity contribution in [3.63, 3.8) is 0 Å². The molecule has 6 nitrogen and oxygen atoms in total. The molecule has 2 aliphatic heterocycles. The number of nitrogens with zero attached hydrogens (tertiary/aromatic N) is 4. The third-order valence-electron chi connectivity index (χ3n) is 5.30. The fraction of sp³-hybridized carbons (Fsp3) is 0.556. The summed E-state index contributed by atoms with van der Waals surface area (Å²) < 4.78 is 7.43. The summed E-state index contributed by atoms with van der Waals surface area (Å²) >= 11 is 0. The maximum atomic E-state index is 13.1. The van der Waals surface area contributed by atoms with Crippen molar-refractivity contribution in [3.8, 4) is 0 Å². The average Bonchev–Trinajstić information content (AvgIpc) is 3.16. The number of amides is 1. The van der Waals surface area contributed by atoms with Gasteiger partial charge in [0.05, 0.1) is 18.7 Å². The zero-order valence-electron chi connectivity index (χ0n) is 14.3. The zero-order chi connectivity index (χ0) is 16.7. The Morgan fingerprint density at radius 3 is 2.83 bits per heavy atom. The predicted octanol–water partition coefficient (Wildman–Crippen LogP) is 1.44. The Morgan fingerprint density at radius 1 is 1.25 bits per heavy atom. The third kappa shape index (κ3) is 2.59. The molecule has 2 aliphatic rings. The van der Waals surface area contributed by atoms with Crippen LogP contribution in [0, 0.1) is 12.8 Å². The maximum absolute atomic E-state index is 13.1. The predicted molar refractivity (Wildman–Crippen MR) is 91.2 cm³/mol. The Labute approximate surface area is 142 Å². The summed E-state index contributed by atoms with van der Waals surface area (Å²) in [5.74, 6) is 1.38. The van der Waals surface area contributed by atoms with Gasteiger partial charge in [-0.15, -0.1) is 0 Å². The monoisotopic (exact) mass is 328 g/mol. The van der Waals surface area contributed by atoms with Crippen LogP contribution in [0.5, 0.6) is 0 Å². The quantitative estimate of drug-likeness (QED) is 0.837. The molecule has 128 valence electrons.